The lowest BCUT2D eigenvalue weighted by atomic mass is 10.4. The summed E-state index contributed by atoms with van der Waals surface area (Å²) in [6, 6.07) is 0. The molecule has 0 fully saturated rings. The van der Waals surface area contributed by atoms with Crippen LogP contribution in [0.2, 0.25) is 0 Å². The number of allylic oxidation sites excluding steroid dienone is 3. The van der Waals surface area contributed by atoms with Crippen LogP contribution < -0.4 is 0 Å². The highest BCUT2D eigenvalue weighted by Gasteiger charge is 2.46. The molecule has 1 nitrogen and oxygen atoms in total. The zero-order valence-corrected chi connectivity index (χ0v) is 5.09. The van der Waals surface area contributed by atoms with E-state index in [2.05, 4.69) is 6.08 Å². The minimum atomic E-state index is -1.61. The first kappa shape index (κ1) is 5.80. The van der Waals surface area contributed by atoms with Crippen molar-refractivity contribution in [3.63, 3.8) is 0 Å². The number of nitrogens with zero attached hydrogens (tertiary/aromatic N) is 1. The van der Waals surface area contributed by atoms with E-state index >= 15 is 0 Å². The summed E-state index contributed by atoms with van der Waals surface area (Å²) in [5.41, 5.74) is 0.243. The Morgan fingerprint density at radius 1 is 1.60 bits per heavy atom. The monoisotopic (exact) mass is 141 g/mol. The van der Waals surface area contributed by atoms with Crippen LogP contribution in [-0.2, 0) is 0 Å². The van der Waals surface area contributed by atoms with Gasteiger partial charge in [-0.05, 0) is 4.71 Å². The molecule has 2 unspecified atom stereocenters. The number of hydrogen-bond donors (Lipinski definition) is 0. The smallest absolute Gasteiger partial charge is 0.177 e. The highest BCUT2D eigenvalue weighted by Crippen LogP contribution is 2.35. The van der Waals surface area contributed by atoms with Crippen molar-refractivity contribution in [1.29, 1.82) is 0 Å². The maximum absolute atomic E-state index is 13.2. The Hall–Kier alpha value is -0.960. The van der Waals surface area contributed by atoms with Gasteiger partial charge < -0.3 is 0 Å². The van der Waals surface area contributed by atoms with Gasteiger partial charge in [0.15, 0.2) is 5.70 Å². The molecule has 2 aliphatic rings. The van der Waals surface area contributed by atoms with Crippen molar-refractivity contribution in [2.45, 2.75) is 6.30 Å². The summed E-state index contributed by atoms with van der Waals surface area (Å²) in [6.07, 6.45) is 6.15. The fourth-order valence-corrected chi connectivity index (χ4v) is 1.08. The summed E-state index contributed by atoms with van der Waals surface area (Å²) < 4.78 is 24.6. The zero-order chi connectivity index (χ0) is 7.19. The summed E-state index contributed by atoms with van der Waals surface area (Å²) in [7, 11) is 0. The number of hydrogen-bond acceptors (Lipinski definition) is 0. The fraction of sp³-hybridized carbons (Fsp3) is 0.143. The summed E-state index contributed by atoms with van der Waals surface area (Å²) >= 11 is 0. The predicted octanol–water partition coefficient (Wildman–Crippen LogP) is 1.77. The average molecular weight is 141 g/mol. The van der Waals surface area contributed by atoms with Gasteiger partial charge in [0.1, 0.15) is 6.20 Å². The molecule has 0 aromatic rings. The van der Waals surface area contributed by atoms with Gasteiger partial charge in [-0.1, -0.05) is 0 Å². The Morgan fingerprint density at radius 3 is 3.10 bits per heavy atom. The van der Waals surface area contributed by atoms with Crippen molar-refractivity contribution < 1.29 is 13.6 Å². The van der Waals surface area contributed by atoms with Crippen LogP contribution >= 0.6 is 0 Å². The van der Waals surface area contributed by atoms with Crippen molar-refractivity contribution in [2.75, 3.05) is 0 Å². The molecule has 0 aliphatic carbocycles. The zero-order valence-electron chi connectivity index (χ0n) is 5.09. The summed E-state index contributed by atoms with van der Waals surface area (Å²) in [5.74, 6) is 0. The molecular weight excluding hydrogens is 136 g/mol. The van der Waals surface area contributed by atoms with Gasteiger partial charge >= 0.3 is 0 Å². The maximum atomic E-state index is 13.2. The van der Waals surface area contributed by atoms with Gasteiger partial charge in [0.2, 0.25) is 0 Å². The first-order valence-electron chi connectivity index (χ1n) is 2.95. The molecule has 0 N–H and O–H groups in total. The normalized spacial score (nSPS) is 42.2. The lowest BCUT2D eigenvalue weighted by Crippen LogP contribution is -2.32. The van der Waals surface area contributed by atoms with Gasteiger partial charge in [0.25, 0.3) is 6.30 Å². The van der Waals surface area contributed by atoms with E-state index in [0.29, 0.717) is 0 Å². The average Bonchev–Trinajstić information content (AvgIpc) is 2.36. The second-order valence-corrected chi connectivity index (χ2v) is 2.26. The Kier molecular flexibility index (Phi) is 0.898. The molecule has 3 heteroatoms. The first-order chi connectivity index (χ1) is 4.73. The lowest BCUT2D eigenvalue weighted by molar-refractivity contribution is -1.00. The van der Waals surface area contributed by atoms with Crippen LogP contribution in [0.25, 0.3) is 0 Å². The number of quaternary nitrogens is 1. The quantitative estimate of drug-likeness (QED) is 0.356. The van der Waals surface area contributed by atoms with E-state index in [1.165, 1.54) is 12.2 Å². The van der Waals surface area contributed by atoms with Crippen LogP contribution in [-0.4, -0.2) is 11.0 Å². The number of rotatable bonds is 0. The Morgan fingerprint density at radius 2 is 2.40 bits per heavy atom. The van der Waals surface area contributed by atoms with Gasteiger partial charge in [-0.3, -0.25) is 0 Å². The van der Waals surface area contributed by atoms with Gasteiger partial charge in [-0.15, -0.1) is 0 Å². The van der Waals surface area contributed by atoms with Crippen molar-refractivity contribution in [3.8, 4) is 0 Å². The van der Waals surface area contributed by atoms with Gasteiger partial charge in [0, 0.05) is 22.7 Å². The molecule has 0 aromatic heterocycles. The van der Waals surface area contributed by atoms with Crippen LogP contribution in [0.3, 0.4) is 0 Å². The van der Waals surface area contributed by atoms with Crippen LogP contribution in [0.4, 0.5) is 8.87 Å². The Bertz CT molecular complexity index is 254. The van der Waals surface area contributed by atoms with E-state index in [1.54, 1.807) is 0 Å². The van der Waals surface area contributed by atoms with E-state index in [0.717, 1.165) is 12.3 Å². The number of halogens is 2. The van der Waals surface area contributed by atoms with Gasteiger partial charge in [-0.25, -0.2) is 0 Å². The molecule has 51 valence electrons. The molecular formula is C7H5F2N+. The van der Waals surface area contributed by atoms with Crippen molar-refractivity contribution in [1.82, 2.24) is 0 Å². The second-order valence-electron chi connectivity index (χ2n) is 2.26. The third-order valence-electron chi connectivity index (χ3n) is 1.65. The number of alkyl halides is 1. The van der Waals surface area contributed by atoms with E-state index in [4.69, 9.17) is 0 Å². The molecule has 2 atom stereocenters. The second kappa shape index (κ2) is 1.55. The topological polar surface area (TPSA) is 0 Å². The Balaban J connectivity index is 2.48. The van der Waals surface area contributed by atoms with Gasteiger partial charge in [-0.2, -0.15) is 4.39 Å². The van der Waals surface area contributed by atoms with Crippen molar-refractivity contribution in [3.05, 3.63) is 36.2 Å². The van der Waals surface area contributed by atoms with E-state index in [9.17, 15) is 8.87 Å². The molecule has 2 heterocycles. The van der Waals surface area contributed by atoms with Crippen LogP contribution in [0.5, 0.6) is 0 Å². The van der Waals surface area contributed by atoms with Gasteiger partial charge in [0.05, 0.1) is 6.08 Å². The minimum absolute atomic E-state index is 0.243. The van der Waals surface area contributed by atoms with Crippen LogP contribution in [0, 0.1) is 6.08 Å². The first-order valence-corrected chi connectivity index (χ1v) is 2.95. The van der Waals surface area contributed by atoms with Crippen LogP contribution in [0.15, 0.2) is 30.1 Å². The molecule has 1 radical (unpaired) electrons. The largest absolute Gasteiger partial charge is 0.296 e. The molecule has 10 heavy (non-hydrogen) atoms. The molecule has 0 amide bonds. The molecule has 0 saturated carbocycles. The standard InChI is InChI=1S/C7H5F2N/c8-7-4-3-6-2-1-5-10(6,7)9/h1-2,4-5,7H/q+1. The highest BCUT2D eigenvalue weighted by atomic mass is 19.2. The predicted molar refractivity (Wildman–Crippen MR) is 31.3 cm³/mol. The molecule has 2 rings (SSSR count). The maximum Gasteiger partial charge on any atom is 0.296 e. The fourth-order valence-electron chi connectivity index (χ4n) is 1.08. The molecule has 0 aromatic carbocycles. The highest BCUT2D eigenvalue weighted by molar-refractivity contribution is 5.22. The molecule has 0 bridgehead atoms. The number of fused-ring (bicyclic) bond motifs is 1. The van der Waals surface area contributed by atoms with Crippen molar-refractivity contribution >= 4 is 0 Å². The van der Waals surface area contributed by atoms with Crippen LogP contribution in [0.1, 0.15) is 0 Å². The third kappa shape index (κ3) is 0.484. The van der Waals surface area contributed by atoms with E-state index < -0.39 is 11.0 Å². The van der Waals surface area contributed by atoms with E-state index in [-0.39, 0.29) is 5.70 Å². The molecule has 0 saturated heterocycles. The molecule has 2 aliphatic heterocycles. The lowest BCUT2D eigenvalue weighted by Gasteiger charge is -2.15. The SMILES string of the molecule is FC1C=[C]C2=CC=C[N+]21F. The van der Waals surface area contributed by atoms with Crippen molar-refractivity contribution in [2.24, 2.45) is 0 Å². The Labute approximate surface area is 57.1 Å². The minimum Gasteiger partial charge on any atom is -0.177 e. The summed E-state index contributed by atoms with van der Waals surface area (Å²) in [4.78, 5) is 0. The summed E-state index contributed by atoms with van der Waals surface area (Å²) in [6.45, 7) is 0. The molecule has 0 spiro atoms. The van der Waals surface area contributed by atoms with E-state index in [1.807, 2.05) is 0 Å². The third-order valence-corrected chi connectivity index (χ3v) is 1.65. The summed E-state index contributed by atoms with van der Waals surface area (Å²) in [5, 5.41) is 0.